The first kappa shape index (κ1) is 17.3. The second-order valence-corrected chi connectivity index (χ2v) is 5.85. The van der Waals surface area contributed by atoms with Crippen LogP contribution in [-0.4, -0.2) is 11.7 Å². The van der Waals surface area contributed by atoms with E-state index in [-0.39, 0.29) is 0 Å². The molecule has 0 amide bonds. The van der Waals surface area contributed by atoms with E-state index in [0.29, 0.717) is 17.6 Å². The Morgan fingerprint density at radius 1 is 1.04 bits per heavy atom. The van der Waals surface area contributed by atoms with E-state index in [1.165, 1.54) is 5.56 Å². The SMILES string of the molecule is CCOc1ccccc1NC(=S)Nc1ccc(C(C)CC)cc1. The summed E-state index contributed by atoms with van der Waals surface area (Å²) in [7, 11) is 0. The number of ether oxygens (including phenoxy) is 1. The summed E-state index contributed by atoms with van der Waals surface area (Å²) in [6.45, 7) is 7.02. The number of rotatable bonds is 6. The van der Waals surface area contributed by atoms with E-state index >= 15 is 0 Å². The molecule has 4 heteroatoms. The number of nitrogens with one attached hydrogen (secondary N) is 2. The maximum atomic E-state index is 5.59. The van der Waals surface area contributed by atoms with Crippen molar-refractivity contribution in [2.75, 3.05) is 17.2 Å². The molecular weight excluding hydrogens is 304 g/mol. The molecule has 0 bridgehead atoms. The van der Waals surface area contributed by atoms with Crippen molar-refractivity contribution < 1.29 is 4.74 Å². The van der Waals surface area contributed by atoms with Gasteiger partial charge in [0.05, 0.1) is 12.3 Å². The van der Waals surface area contributed by atoms with Gasteiger partial charge >= 0.3 is 0 Å². The van der Waals surface area contributed by atoms with Gasteiger partial charge in [-0.2, -0.15) is 0 Å². The van der Waals surface area contributed by atoms with E-state index in [0.717, 1.165) is 23.5 Å². The number of hydrogen-bond acceptors (Lipinski definition) is 2. The normalized spacial score (nSPS) is 11.6. The molecule has 1 atom stereocenters. The van der Waals surface area contributed by atoms with Gasteiger partial charge in [0.15, 0.2) is 5.11 Å². The molecule has 0 aliphatic carbocycles. The molecule has 23 heavy (non-hydrogen) atoms. The van der Waals surface area contributed by atoms with E-state index < -0.39 is 0 Å². The minimum Gasteiger partial charge on any atom is -0.492 e. The molecule has 1 unspecified atom stereocenters. The fourth-order valence-electron chi connectivity index (χ4n) is 2.27. The zero-order valence-corrected chi connectivity index (χ0v) is 14.7. The molecule has 2 rings (SSSR count). The highest BCUT2D eigenvalue weighted by Crippen LogP contribution is 2.24. The lowest BCUT2D eigenvalue weighted by Gasteiger charge is -2.15. The van der Waals surface area contributed by atoms with Gasteiger partial charge in [-0.25, -0.2) is 0 Å². The quantitative estimate of drug-likeness (QED) is 0.695. The van der Waals surface area contributed by atoms with Crippen molar-refractivity contribution in [3.05, 3.63) is 54.1 Å². The Morgan fingerprint density at radius 3 is 2.39 bits per heavy atom. The highest BCUT2D eigenvalue weighted by Gasteiger charge is 2.06. The second kappa shape index (κ2) is 8.53. The summed E-state index contributed by atoms with van der Waals surface area (Å²) >= 11 is 5.39. The van der Waals surface area contributed by atoms with Gasteiger partial charge in [-0.3, -0.25) is 0 Å². The first-order valence-corrected chi connectivity index (χ1v) is 8.44. The molecular formula is C19H24N2OS. The first-order chi connectivity index (χ1) is 11.1. The number of anilines is 2. The van der Waals surface area contributed by atoms with Crippen LogP contribution in [0.4, 0.5) is 11.4 Å². The second-order valence-electron chi connectivity index (χ2n) is 5.44. The molecule has 2 N–H and O–H groups in total. The van der Waals surface area contributed by atoms with E-state index in [1.54, 1.807) is 0 Å². The minimum absolute atomic E-state index is 0.549. The number of para-hydroxylation sites is 2. The lowest BCUT2D eigenvalue weighted by molar-refractivity contribution is 0.342. The third kappa shape index (κ3) is 4.96. The molecule has 0 aromatic heterocycles. The summed E-state index contributed by atoms with van der Waals surface area (Å²) in [6, 6.07) is 16.2. The highest BCUT2D eigenvalue weighted by atomic mass is 32.1. The van der Waals surface area contributed by atoms with Crippen LogP contribution in [0.15, 0.2) is 48.5 Å². The maximum absolute atomic E-state index is 5.59. The molecule has 0 aliphatic rings. The summed E-state index contributed by atoms with van der Waals surface area (Å²) in [5.74, 6) is 1.37. The molecule has 2 aromatic rings. The van der Waals surface area contributed by atoms with Crippen LogP contribution >= 0.6 is 12.2 Å². The Labute approximate surface area is 144 Å². The molecule has 2 aromatic carbocycles. The predicted octanol–water partition coefficient (Wildman–Crippen LogP) is 5.41. The Hall–Kier alpha value is -2.07. The predicted molar refractivity (Wildman–Crippen MR) is 103 cm³/mol. The van der Waals surface area contributed by atoms with E-state index in [1.807, 2.05) is 31.2 Å². The summed E-state index contributed by atoms with van der Waals surface area (Å²) in [4.78, 5) is 0. The summed E-state index contributed by atoms with van der Waals surface area (Å²) in [5.41, 5.74) is 3.19. The number of benzene rings is 2. The third-order valence-electron chi connectivity index (χ3n) is 3.79. The fourth-order valence-corrected chi connectivity index (χ4v) is 2.49. The molecule has 0 heterocycles. The van der Waals surface area contributed by atoms with Crippen molar-refractivity contribution in [1.82, 2.24) is 0 Å². The Morgan fingerprint density at radius 2 is 1.74 bits per heavy atom. The minimum atomic E-state index is 0.549. The van der Waals surface area contributed by atoms with Crippen molar-refractivity contribution >= 4 is 28.7 Å². The van der Waals surface area contributed by atoms with Crippen LogP contribution in [-0.2, 0) is 0 Å². The Balaban J connectivity index is 2.00. The molecule has 0 aliphatic heterocycles. The van der Waals surface area contributed by atoms with Gasteiger partial charge in [-0.15, -0.1) is 0 Å². The largest absolute Gasteiger partial charge is 0.492 e. The van der Waals surface area contributed by atoms with E-state index in [2.05, 4.69) is 48.7 Å². The van der Waals surface area contributed by atoms with Gasteiger partial charge in [-0.1, -0.05) is 38.1 Å². The van der Waals surface area contributed by atoms with Crippen LogP contribution in [0.1, 0.15) is 38.7 Å². The van der Waals surface area contributed by atoms with Gasteiger partial charge in [-0.05, 0) is 61.3 Å². The van der Waals surface area contributed by atoms with Crippen LogP contribution in [0, 0.1) is 0 Å². The first-order valence-electron chi connectivity index (χ1n) is 8.03. The lowest BCUT2D eigenvalue weighted by atomic mass is 9.99. The smallest absolute Gasteiger partial charge is 0.175 e. The van der Waals surface area contributed by atoms with Crippen LogP contribution < -0.4 is 15.4 Å². The molecule has 3 nitrogen and oxygen atoms in total. The Bertz CT molecular complexity index is 640. The van der Waals surface area contributed by atoms with E-state index in [9.17, 15) is 0 Å². The molecule has 122 valence electrons. The average Bonchev–Trinajstić information content (AvgIpc) is 2.57. The highest BCUT2D eigenvalue weighted by molar-refractivity contribution is 7.80. The number of thiocarbonyl (C=S) groups is 1. The number of hydrogen-bond donors (Lipinski definition) is 2. The maximum Gasteiger partial charge on any atom is 0.175 e. The molecule has 0 fully saturated rings. The van der Waals surface area contributed by atoms with Crippen LogP contribution in [0.5, 0.6) is 5.75 Å². The van der Waals surface area contributed by atoms with Crippen molar-refractivity contribution in [1.29, 1.82) is 0 Å². The summed E-state index contributed by atoms with van der Waals surface area (Å²) in [6.07, 6.45) is 1.14. The van der Waals surface area contributed by atoms with Gasteiger partial charge in [0.1, 0.15) is 5.75 Å². The van der Waals surface area contributed by atoms with Crippen LogP contribution in [0.3, 0.4) is 0 Å². The average molecular weight is 328 g/mol. The summed E-state index contributed by atoms with van der Waals surface area (Å²) in [5, 5.41) is 6.95. The molecule has 0 radical (unpaired) electrons. The Kier molecular flexibility index (Phi) is 6.41. The van der Waals surface area contributed by atoms with Gasteiger partial charge in [0, 0.05) is 5.69 Å². The molecule has 0 spiro atoms. The summed E-state index contributed by atoms with van der Waals surface area (Å²) < 4.78 is 5.59. The topological polar surface area (TPSA) is 33.3 Å². The van der Waals surface area contributed by atoms with E-state index in [4.69, 9.17) is 17.0 Å². The molecule has 0 saturated heterocycles. The van der Waals surface area contributed by atoms with Gasteiger partial charge in [0.2, 0.25) is 0 Å². The van der Waals surface area contributed by atoms with Crippen molar-refractivity contribution in [3.8, 4) is 5.75 Å². The van der Waals surface area contributed by atoms with Crippen molar-refractivity contribution in [2.24, 2.45) is 0 Å². The van der Waals surface area contributed by atoms with Crippen LogP contribution in [0.25, 0.3) is 0 Å². The van der Waals surface area contributed by atoms with Gasteiger partial charge in [0.25, 0.3) is 0 Å². The van der Waals surface area contributed by atoms with Crippen molar-refractivity contribution in [2.45, 2.75) is 33.1 Å². The lowest BCUT2D eigenvalue weighted by Crippen LogP contribution is -2.19. The fraction of sp³-hybridized carbons (Fsp3) is 0.316. The standard InChI is InChI=1S/C19H24N2OS/c1-4-14(3)15-10-12-16(13-11-15)20-19(23)21-17-8-6-7-9-18(17)22-5-2/h6-14H,4-5H2,1-3H3,(H2,20,21,23). The van der Waals surface area contributed by atoms with Crippen molar-refractivity contribution in [3.63, 3.8) is 0 Å². The zero-order valence-electron chi connectivity index (χ0n) is 13.9. The van der Waals surface area contributed by atoms with Crippen LogP contribution in [0.2, 0.25) is 0 Å². The zero-order chi connectivity index (χ0) is 16.7. The monoisotopic (exact) mass is 328 g/mol. The van der Waals surface area contributed by atoms with Gasteiger partial charge < -0.3 is 15.4 Å². The molecule has 0 saturated carbocycles. The third-order valence-corrected chi connectivity index (χ3v) is 3.99.